The SMILES string of the molecule is CCCN(CC(=O)O)Cc1cnc(-c2ccc(C)cc2)s1. The summed E-state index contributed by atoms with van der Waals surface area (Å²) in [6.07, 6.45) is 2.79. The first kappa shape index (κ1) is 15.7. The summed E-state index contributed by atoms with van der Waals surface area (Å²) in [5, 5.41) is 9.93. The smallest absolute Gasteiger partial charge is 0.317 e. The fourth-order valence-corrected chi connectivity index (χ4v) is 3.11. The number of aliphatic carboxylic acids is 1. The number of nitrogens with zero attached hydrogens (tertiary/aromatic N) is 2. The molecule has 2 aromatic rings. The topological polar surface area (TPSA) is 53.4 Å². The van der Waals surface area contributed by atoms with Crippen molar-refractivity contribution < 1.29 is 9.90 Å². The van der Waals surface area contributed by atoms with Crippen molar-refractivity contribution in [1.82, 2.24) is 9.88 Å². The third-order valence-electron chi connectivity index (χ3n) is 3.13. The summed E-state index contributed by atoms with van der Waals surface area (Å²) in [5.41, 5.74) is 2.34. The number of hydrogen-bond acceptors (Lipinski definition) is 4. The Hall–Kier alpha value is -1.72. The summed E-state index contributed by atoms with van der Waals surface area (Å²) in [5.74, 6) is -0.785. The molecule has 4 nitrogen and oxygen atoms in total. The molecular formula is C16H20N2O2S. The second kappa shape index (κ2) is 7.33. The standard InChI is InChI=1S/C16H20N2O2S/c1-3-8-18(11-15(19)20)10-14-9-17-16(21-14)13-6-4-12(2)5-7-13/h4-7,9H,3,8,10-11H2,1-2H3,(H,19,20). The highest BCUT2D eigenvalue weighted by Gasteiger charge is 2.12. The van der Waals surface area contributed by atoms with E-state index in [9.17, 15) is 4.79 Å². The monoisotopic (exact) mass is 304 g/mol. The van der Waals surface area contributed by atoms with Crippen molar-refractivity contribution in [2.24, 2.45) is 0 Å². The molecule has 1 N–H and O–H groups in total. The van der Waals surface area contributed by atoms with E-state index < -0.39 is 5.97 Å². The Morgan fingerprint density at radius 3 is 2.67 bits per heavy atom. The van der Waals surface area contributed by atoms with E-state index in [1.165, 1.54) is 5.56 Å². The molecule has 21 heavy (non-hydrogen) atoms. The predicted octanol–water partition coefficient (Wildman–Crippen LogP) is 3.42. The minimum atomic E-state index is -0.785. The van der Waals surface area contributed by atoms with Crippen LogP contribution in [0.5, 0.6) is 0 Å². The molecule has 0 amide bonds. The normalized spacial score (nSPS) is 11.0. The molecule has 0 atom stereocenters. The van der Waals surface area contributed by atoms with Crippen LogP contribution in [-0.4, -0.2) is 34.0 Å². The number of hydrogen-bond donors (Lipinski definition) is 1. The van der Waals surface area contributed by atoms with Crippen LogP contribution in [0.25, 0.3) is 10.6 Å². The second-order valence-corrected chi connectivity index (χ2v) is 6.22. The average molecular weight is 304 g/mol. The van der Waals surface area contributed by atoms with Crippen LogP contribution < -0.4 is 0 Å². The molecule has 1 aromatic heterocycles. The minimum absolute atomic E-state index is 0.0750. The van der Waals surface area contributed by atoms with E-state index in [1.807, 2.05) is 11.1 Å². The van der Waals surface area contributed by atoms with Gasteiger partial charge in [0.2, 0.25) is 0 Å². The van der Waals surface area contributed by atoms with E-state index in [1.54, 1.807) is 11.3 Å². The Morgan fingerprint density at radius 1 is 1.33 bits per heavy atom. The van der Waals surface area contributed by atoms with Gasteiger partial charge >= 0.3 is 5.97 Å². The van der Waals surface area contributed by atoms with Gasteiger partial charge in [-0.3, -0.25) is 9.69 Å². The zero-order chi connectivity index (χ0) is 15.2. The van der Waals surface area contributed by atoms with Crippen LogP contribution in [0.2, 0.25) is 0 Å². The van der Waals surface area contributed by atoms with Gasteiger partial charge in [0.05, 0.1) is 6.54 Å². The summed E-state index contributed by atoms with van der Waals surface area (Å²) < 4.78 is 0. The Bertz CT molecular complexity index is 593. The lowest BCUT2D eigenvalue weighted by atomic mass is 10.2. The molecule has 112 valence electrons. The lowest BCUT2D eigenvalue weighted by molar-refractivity contribution is -0.138. The highest BCUT2D eigenvalue weighted by atomic mass is 32.1. The maximum atomic E-state index is 10.9. The lowest BCUT2D eigenvalue weighted by Crippen LogP contribution is -2.29. The van der Waals surface area contributed by atoms with Gasteiger partial charge in [0.1, 0.15) is 5.01 Å². The molecule has 0 unspecified atom stereocenters. The number of rotatable bonds is 7. The van der Waals surface area contributed by atoms with Gasteiger partial charge in [0.25, 0.3) is 0 Å². The Balaban J connectivity index is 2.07. The van der Waals surface area contributed by atoms with E-state index in [2.05, 4.69) is 43.1 Å². The number of carbonyl (C=O) groups is 1. The Labute approximate surface area is 129 Å². The lowest BCUT2D eigenvalue weighted by Gasteiger charge is -2.17. The Morgan fingerprint density at radius 2 is 2.05 bits per heavy atom. The molecule has 0 spiro atoms. The molecule has 1 heterocycles. The summed E-state index contributed by atoms with van der Waals surface area (Å²) >= 11 is 1.63. The molecule has 0 aliphatic heterocycles. The molecule has 0 bridgehead atoms. The summed E-state index contributed by atoms with van der Waals surface area (Å²) in [6.45, 7) is 5.62. The highest BCUT2D eigenvalue weighted by Crippen LogP contribution is 2.26. The number of thiazole rings is 1. The van der Waals surface area contributed by atoms with E-state index in [4.69, 9.17) is 5.11 Å². The van der Waals surface area contributed by atoms with E-state index in [0.29, 0.717) is 6.54 Å². The van der Waals surface area contributed by atoms with Gasteiger partial charge in [-0.05, 0) is 19.9 Å². The van der Waals surface area contributed by atoms with Crippen LogP contribution in [0.4, 0.5) is 0 Å². The molecule has 0 fully saturated rings. The number of carboxylic acids is 1. The van der Waals surface area contributed by atoms with E-state index in [0.717, 1.165) is 28.4 Å². The van der Waals surface area contributed by atoms with Crippen LogP contribution in [0.1, 0.15) is 23.8 Å². The third kappa shape index (κ3) is 4.65. The number of benzene rings is 1. The fourth-order valence-electron chi connectivity index (χ4n) is 2.15. The maximum absolute atomic E-state index is 10.9. The molecule has 0 radical (unpaired) electrons. The summed E-state index contributed by atoms with van der Waals surface area (Å²) in [6, 6.07) is 8.28. The number of aromatic nitrogens is 1. The molecule has 0 aliphatic rings. The van der Waals surface area contributed by atoms with Crippen molar-refractivity contribution in [3.05, 3.63) is 40.9 Å². The van der Waals surface area contributed by atoms with Crippen LogP contribution >= 0.6 is 11.3 Å². The maximum Gasteiger partial charge on any atom is 0.317 e. The van der Waals surface area contributed by atoms with Gasteiger partial charge in [-0.25, -0.2) is 4.98 Å². The van der Waals surface area contributed by atoms with Crippen LogP contribution in [-0.2, 0) is 11.3 Å². The van der Waals surface area contributed by atoms with Crippen LogP contribution in [0.3, 0.4) is 0 Å². The largest absolute Gasteiger partial charge is 0.480 e. The van der Waals surface area contributed by atoms with Crippen LogP contribution in [0, 0.1) is 6.92 Å². The zero-order valence-corrected chi connectivity index (χ0v) is 13.2. The van der Waals surface area contributed by atoms with Crippen molar-refractivity contribution in [2.75, 3.05) is 13.1 Å². The number of carboxylic acid groups (broad SMARTS) is 1. The number of aryl methyl sites for hydroxylation is 1. The van der Waals surface area contributed by atoms with E-state index >= 15 is 0 Å². The first-order chi connectivity index (χ1) is 10.1. The van der Waals surface area contributed by atoms with Crippen molar-refractivity contribution in [3.8, 4) is 10.6 Å². The van der Waals surface area contributed by atoms with Crippen molar-refractivity contribution >= 4 is 17.3 Å². The van der Waals surface area contributed by atoms with E-state index in [-0.39, 0.29) is 6.54 Å². The van der Waals surface area contributed by atoms with Crippen molar-refractivity contribution in [2.45, 2.75) is 26.8 Å². The first-order valence-corrected chi connectivity index (χ1v) is 7.86. The van der Waals surface area contributed by atoms with Crippen LogP contribution in [0.15, 0.2) is 30.5 Å². The van der Waals surface area contributed by atoms with Gasteiger partial charge in [-0.2, -0.15) is 0 Å². The summed E-state index contributed by atoms with van der Waals surface area (Å²) in [7, 11) is 0. The molecule has 2 rings (SSSR count). The molecule has 1 aromatic carbocycles. The zero-order valence-electron chi connectivity index (χ0n) is 12.4. The van der Waals surface area contributed by atoms with Crippen molar-refractivity contribution in [1.29, 1.82) is 0 Å². The van der Waals surface area contributed by atoms with Gasteiger partial charge in [-0.15, -0.1) is 11.3 Å². The molecule has 0 saturated carbocycles. The molecule has 0 saturated heterocycles. The Kier molecular flexibility index (Phi) is 5.47. The minimum Gasteiger partial charge on any atom is -0.480 e. The van der Waals surface area contributed by atoms with Gasteiger partial charge in [0, 0.05) is 23.2 Å². The van der Waals surface area contributed by atoms with Gasteiger partial charge in [0.15, 0.2) is 0 Å². The average Bonchev–Trinajstić information content (AvgIpc) is 2.87. The highest BCUT2D eigenvalue weighted by molar-refractivity contribution is 7.15. The van der Waals surface area contributed by atoms with Gasteiger partial charge in [-0.1, -0.05) is 36.8 Å². The second-order valence-electron chi connectivity index (χ2n) is 5.10. The molecular weight excluding hydrogens is 284 g/mol. The predicted molar refractivity (Wildman–Crippen MR) is 85.5 cm³/mol. The quantitative estimate of drug-likeness (QED) is 0.851. The first-order valence-electron chi connectivity index (χ1n) is 7.04. The summed E-state index contributed by atoms with van der Waals surface area (Å²) in [4.78, 5) is 18.4. The van der Waals surface area contributed by atoms with Crippen molar-refractivity contribution in [3.63, 3.8) is 0 Å². The molecule has 0 aliphatic carbocycles. The van der Waals surface area contributed by atoms with Gasteiger partial charge < -0.3 is 5.11 Å². The fraction of sp³-hybridized carbons (Fsp3) is 0.375. The molecule has 5 heteroatoms. The third-order valence-corrected chi connectivity index (χ3v) is 4.16.